The molecule has 0 saturated heterocycles. The number of aromatic nitrogens is 3. The van der Waals surface area contributed by atoms with Crippen LogP contribution < -0.4 is 10.0 Å². The number of nitrogens with one attached hydrogen (secondary N) is 2. The van der Waals surface area contributed by atoms with Crippen molar-refractivity contribution >= 4 is 54.7 Å². The van der Waals surface area contributed by atoms with Crippen molar-refractivity contribution in [1.82, 2.24) is 14.6 Å². The lowest BCUT2D eigenvalue weighted by molar-refractivity contribution is 0.521. The number of rotatable bonds is 7. The molecule has 0 fully saturated rings. The Kier molecular flexibility index (Phi) is 6.84. The molecule has 5 aromatic rings. The lowest BCUT2D eigenvalue weighted by Gasteiger charge is -2.13. The van der Waals surface area contributed by atoms with E-state index >= 15 is 0 Å². The summed E-state index contributed by atoms with van der Waals surface area (Å²) in [6, 6.07) is 18.5. The van der Waals surface area contributed by atoms with E-state index in [1.54, 1.807) is 28.9 Å². The zero-order valence-corrected chi connectivity index (χ0v) is 21.9. The third kappa shape index (κ3) is 5.15. The van der Waals surface area contributed by atoms with Gasteiger partial charge >= 0.3 is 0 Å². The summed E-state index contributed by atoms with van der Waals surface area (Å²) in [6.07, 6.45) is 1.64. The summed E-state index contributed by atoms with van der Waals surface area (Å²) in [5.74, 6) is -1.68. The van der Waals surface area contributed by atoms with Gasteiger partial charge in [-0.2, -0.15) is 9.61 Å². The summed E-state index contributed by atoms with van der Waals surface area (Å²) >= 11 is 9.85. The minimum Gasteiger partial charge on any atom is -0.366 e. The largest absolute Gasteiger partial charge is 0.366 e. The number of benzene rings is 3. The molecule has 2 N–H and O–H groups in total. The van der Waals surface area contributed by atoms with E-state index in [9.17, 15) is 17.2 Å². The summed E-state index contributed by atoms with van der Waals surface area (Å²) in [4.78, 5) is 3.65. The van der Waals surface area contributed by atoms with E-state index in [1.807, 2.05) is 24.3 Å². The predicted molar refractivity (Wildman–Crippen MR) is 142 cm³/mol. The Balaban J connectivity index is 1.37. The van der Waals surface area contributed by atoms with Crippen LogP contribution in [0, 0.1) is 11.6 Å². The zero-order chi connectivity index (χ0) is 26.2. The van der Waals surface area contributed by atoms with E-state index in [0.29, 0.717) is 33.2 Å². The molecule has 37 heavy (non-hydrogen) atoms. The fourth-order valence-electron chi connectivity index (χ4n) is 3.70. The Bertz CT molecular complexity index is 1710. The van der Waals surface area contributed by atoms with Crippen molar-refractivity contribution < 1.29 is 17.2 Å². The molecular formula is C25H17BrClF2N5O2S. The summed E-state index contributed by atoms with van der Waals surface area (Å²) in [7, 11) is -4.45. The first-order valence-electron chi connectivity index (χ1n) is 10.8. The van der Waals surface area contributed by atoms with Crippen LogP contribution in [0.25, 0.3) is 16.9 Å². The number of sulfonamides is 1. The van der Waals surface area contributed by atoms with Gasteiger partial charge in [-0.25, -0.2) is 22.2 Å². The fourth-order valence-corrected chi connectivity index (χ4v) is 5.48. The maximum Gasteiger partial charge on any atom is 0.267 e. The molecule has 0 radical (unpaired) electrons. The molecule has 0 unspecified atom stereocenters. The van der Waals surface area contributed by atoms with Crippen LogP contribution >= 0.6 is 27.5 Å². The molecule has 0 atom stereocenters. The molecule has 0 bridgehead atoms. The Morgan fingerprint density at radius 1 is 0.973 bits per heavy atom. The molecule has 2 aromatic heterocycles. The van der Waals surface area contributed by atoms with E-state index in [0.717, 1.165) is 29.3 Å². The van der Waals surface area contributed by atoms with E-state index in [1.165, 1.54) is 12.1 Å². The van der Waals surface area contributed by atoms with Gasteiger partial charge in [-0.15, -0.1) is 0 Å². The van der Waals surface area contributed by atoms with Crippen LogP contribution in [-0.2, 0) is 16.6 Å². The number of halogens is 4. The molecule has 0 spiro atoms. The third-order valence-electron chi connectivity index (χ3n) is 5.45. The molecule has 0 aliphatic rings. The number of anilines is 2. The molecular weight excluding hydrogens is 588 g/mol. The number of hydrogen-bond acceptors (Lipinski definition) is 5. The summed E-state index contributed by atoms with van der Waals surface area (Å²) in [5, 5.41) is 8.24. The fraction of sp³-hybridized carbons (Fsp3) is 0.0400. The first kappa shape index (κ1) is 25.1. The van der Waals surface area contributed by atoms with Crippen LogP contribution in [0.2, 0.25) is 5.02 Å². The van der Waals surface area contributed by atoms with Gasteiger partial charge in [0, 0.05) is 28.9 Å². The smallest absolute Gasteiger partial charge is 0.267 e. The quantitative estimate of drug-likeness (QED) is 0.221. The van der Waals surface area contributed by atoms with Crippen molar-refractivity contribution in [2.45, 2.75) is 11.4 Å². The van der Waals surface area contributed by atoms with E-state index in [2.05, 4.69) is 36.1 Å². The van der Waals surface area contributed by atoms with Gasteiger partial charge < -0.3 is 5.32 Å². The molecule has 2 heterocycles. The second-order valence-corrected chi connectivity index (χ2v) is 10.8. The molecule has 12 heteroatoms. The first-order chi connectivity index (χ1) is 17.7. The average molecular weight is 605 g/mol. The van der Waals surface area contributed by atoms with Crippen molar-refractivity contribution in [1.29, 1.82) is 0 Å². The van der Waals surface area contributed by atoms with E-state index < -0.39 is 26.6 Å². The van der Waals surface area contributed by atoms with Gasteiger partial charge in [0.1, 0.15) is 17.5 Å². The molecule has 3 aromatic carbocycles. The van der Waals surface area contributed by atoms with E-state index in [4.69, 9.17) is 11.6 Å². The Hall–Kier alpha value is -3.54. The van der Waals surface area contributed by atoms with Crippen LogP contribution in [0.4, 0.5) is 20.3 Å². The molecule has 0 aliphatic carbocycles. The maximum absolute atomic E-state index is 14.0. The van der Waals surface area contributed by atoms with Gasteiger partial charge in [-0.1, -0.05) is 48.0 Å². The van der Waals surface area contributed by atoms with Gasteiger partial charge in [0.05, 0.1) is 16.4 Å². The number of fused-ring (bicyclic) bond motifs is 1. The highest BCUT2D eigenvalue weighted by Crippen LogP contribution is 2.30. The van der Waals surface area contributed by atoms with Crippen LogP contribution in [0.1, 0.15) is 5.56 Å². The van der Waals surface area contributed by atoms with Crippen LogP contribution in [0.15, 0.2) is 88.4 Å². The number of hydrogen-bond donors (Lipinski definition) is 2. The van der Waals surface area contributed by atoms with Gasteiger partial charge in [-0.3, -0.25) is 4.72 Å². The normalized spacial score (nSPS) is 11.6. The van der Waals surface area contributed by atoms with Crippen molar-refractivity contribution in [3.05, 3.63) is 106 Å². The minimum absolute atomic E-state index is 0.162. The van der Waals surface area contributed by atoms with Crippen LogP contribution in [0.5, 0.6) is 0 Å². The molecule has 0 saturated carbocycles. The molecule has 0 aliphatic heterocycles. The van der Waals surface area contributed by atoms with Crippen molar-refractivity contribution in [3.63, 3.8) is 0 Å². The van der Waals surface area contributed by atoms with Gasteiger partial charge in [0.25, 0.3) is 10.0 Å². The SMILES string of the molecule is O=S(=O)(Nc1ccc(CNc2cc(-c3ccccc3Cl)nc3c(Br)cnn23)cc1)c1c(F)cccc1F. The highest BCUT2D eigenvalue weighted by Gasteiger charge is 2.23. The van der Waals surface area contributed by atoms with Crippen LogP contribution in [-0.4, -0.2) is 23.0 Å². The van der Waals surface area contributed by atoms with E-state index in [-0.39, 0.29) is 5.69 Å². The van der Waals surface area contributed by atoms with Crippen LogP contribution in [0.3, 0.4) is 0 Å². The van der Waals surface area contributed by atoms with Gasteiger partial charge in [0.15, 0.2) is 10.5 Å². The lowest BCUT2D eigenvalue weighted by atomic mass is 10.1. The molecule has 188 valence electrons. The van der Waals surface area contributed by atoms with Crippen molar-refractivity contribution in [3.8, 4) is 11.3 Å². The monoisotopic (exact) mass is 603 g/mol. The predicted octanol–water partition coefficient (Wildman–Crippen LogP) is 6.50. The average Bonchev–Trinajstić information content (AvgIpc) is 3.24. The van der Waals surface area contributed by atoms with Gasteiger partial charge in [0.2, 0.25) is 0 Å². The summed E-state index contributed by atoms with van der Waals surface area (Å²) < 4.78 is 57.5. The first-order valence-corrected chi connectivity index (χ1v) is 13.5. The highest BCUT2D eigenvalue weighted by molar-refractivity contribution is 9.10. The maximum atomic E-state index is 14.0. The second-order valence-electron chi connectivity index (χ2n) is 7.94. The third-order valence-corrected chi connectivity index (χ3v) is 7.77. The standard InChI is InChI=1S/C25H17BrClF2N5O2S/c26-18-14-31-34-23(12-22(32-25(18)34)17-4-1-2-5-19(17)27)30-13-15-8-10-16(11-9-15)33-37(35,36)24-20(28)6-3-7-21(24)29/h1-12,14,30,33H,13H2. The molecule has 0 amide bonds. The second kappa shape index (κ2) is 10.1. The van der Waals surface area contributed by atoms with Gasteiger partial charge in [-0.05, 0) is 51.8 Å². The molecule has 7 nitrogen and oxygen atoms in total. The molecule has 5 rings (SSSR count). The summed E-state index contributed by atoms with van der Waals surface area (Å²) in [6.45, 7) is 0.369. The zero-order valence-electron chi connectivity index (χ0n) is 18.8. The Labute approximate surface area is 224 Å². The highest BCUT2D eigenvalue weighted by atomic mass is 79.9. The lowest BCUT2D eigenvalue weighted by Crippen LogP contribution is -2.16. The Morgan fingerprint density at radius 2 is 1.68 bits per heavy atom. The van der Waals surface area contributed by atoms with Crippen molar-refractivity contribution in [2.24, 2.45) is 0 Å². The minimum atomic E-state index is -4.45. The topological polar surface area (TPSA) is 88.4 Å². The Morgan fingerprint density at radius 3 is 2.38 bits per heavy atom. The number of nitrogens with zero attached hydrogens (tertiary/aromatic N) is 3. The summed E-state index contributed by atoms with van der Waals surface area (Å²) in [5.41, 5.74) is 3.01. The van der Waals surface area contributed by atoms with Crippen molar-refractivity contribution in [2.75, 3.05) is 10.0 Å².